The summed E-state index contributed by atoms with van der Waals surface area (Å²) in [6.45, 7) is 0.734. The van der Waals surface area contributed by atoms with E-state index in [1.165, 1.54) is 5.56 Å². The van der Waals surface area contributed by atoms with E-state index in [9.17, 15) is 0 Å². The van der Waals surface area contributed by atoms with Gasteiger partial charge < -0.3 is 5.73 Å². The van der Waals surface area contributed by atoms with Gasteiger partial charge in [0.1, 0.15) is 0 Å². The number of hydrogen-bond acceptors (Lipinski definition) is 2. The first kappa shape index (κ1) is 11.5. The molecular formula is C16H15N3. The van der Waals surface area contributed by atoms with Gasteiger partial charge in [-0.2, -0.15) is 5.10 Å². The first-order valence-electron chi connectivity index (χ1n) is 6.25. The summed E-state index contributed by atoms with van der Waals surface area (Å²) in [4.78, 5) is 0. The van der Waals surface area contributed by atoms with Gasteiger partial charge in [-0.3, -0.25) is 4.68 Å². The number of aromatic nitrogens is 2. The SMILES string of the molecule is Nc1nn(Cc2ccccc2)cc1-c1ccccc1. The number of rotatable bonds is 3. The van der Waals surface area contributed by atoms with Crippen molar-refractivity contribution in [3.8, 4) is 11.1 Å². The van der Waals surface area contributed by atoms with Gasteiger partial charge in [0.15, 0.2) is 5.82 Å². The lowest BCUT2D eigenvalue weighted by Crippen LogP contribution is -2.00. The number of nitrogen functional groups attached to an aromatic ring is 1. The van der Waals surface area contributed by atoms with Gasteiger partial charge >= 0.3 is 0 Å². The Morgan fingerprint density at radius 1 is 0.895 bits per heavy atom. The fourth-order valence-corrected chi connectivity index (χ4v) is 2.13. The first-order valence-corrected chi connectivity index (χ1v) is 6.25. The van der Waals surface area contributed by atoms with E-state index < -0.39 is 0 Å². The third-order valence-corrected chi connectivity index (χ3v) is 3.06. The van der Waals surface area contributed by atoms with E-state index in [4.69, 9.17) is 5.73 Å². The standard InChI is InChI=1S/C16H15N3/c17-16-15(14-9-5-2-6-10-14)12-19(18-16)11-13-7-3-1-4-8-13/h1-10,12H,11H2,(H2,17,18). The second-order valence-corrected chi connectivity index (χ2v) is 4.48. The molecule has 0 saturated carbocycles. The van der Waals surface area contributed by atoms with Crippen molar-refractivity contribution < 1.29 is 0 Å². The van der Waals surface area contributed by atoms with E-state index >= 15 is 0 Å². The highest BCUT2D eigenvalue weighted by molar-refractivity contribution is 5.72. The molecule has 2 N–H and O–H groups in total. The predicted molar refractivity (Wildman–Crippen MR) is 77.6 cm³/mol. The average Bonchev–Trinajstić information content (AvgIpc) is 2.82. The fraction of sp³-hybridized carbons (Fsp3) is 0.0625. The number of anilines is 1. The number of nitrogens with zero attached hydrogens (tertiary/aromatic N) is 2. The maximum Gasteiger partial charge on any atom is 0.153 e. The Kier molecular flexibility index (Phi) is 3.02. The molecule has 1 aromatic heterocycles. The van der Waals surface area contributed by atoms with Crippen LogP contribution in [0, 0.1) is 0 Å². The van der Waals surface area contributed by atoms with Crippen molar-refractivity contribution in [3.63, 3.8) is 0 Å². The van der Waals surface area contributed by atoms with Crippen molar-refractivity contribution in [1.29, 1.82) is 0 Å². The number of benzene rings is 2. The van der Waals surface area contributed by atoms with Crippen LogP contribution in [0.1, 0.15) is 5.56 Å². The normalized spacial score (nSPS) is 10.5. The summed E-state index contributed by atoms with van der Waals surface area (Å²) >= 11 is 0. The molecule has 3 rings (SSSR count). The van der Waals surface area contributed by atoms with Crippen LogP contribution in [0.2, 0.25) is 0 Å². The number of nitrogens with two attached hydrogens (primary N) is 1. The van der Waals surface area contributed by atoms with Crippen LogP contribution in [0.5, 0.6) is 0 Å². The third kappa shape index (κ3) is 2.50. The maximum absolute atomic E-state index is 6.00. The minimum absolute atomic E-state index is 0.571. The lowest BCUT2D eigenvalue weighted by atomic mass is 10.1. The Labute approximate surface area is 112 Å². The maximum atomic E-state index is 6.00. The second-order valence-electron chi connectivity index (χ2n) is 4.48. The highest BCUT2D eigenvalue weighted by atomic mass is 15.3. The van der Waals surface area contributed by atoms with E-state index in [1.54, 1.807) is 0 Å². The number of hydrogen-bond donors (Lipinski definition) is 1. The summed E-state index contributed by atoms with van der Waals surface area (Å²) in [7, 11) is 0. The molecule has 0 atom stereocenters. The molecule has 0 aliphatic carbocycles. The van der Waals surface area contributed by atoms with Crippen LogP contribution in [-0.2, 0) is 6.54 Å². The van der Waals surface area contributed by atoms with Gasteiger partial charge in [-0.25, -0.2) is 0 Å². The summed E-state index contributed by atoms with van der Waals surface area (Å²) in [5.41, 5.74) is 9.29. The Bertz CT molecular complexity index is 657. The van der Waals surface area contributed by atoms with Gasteiger partial charge in [0.2, 0.25) is 0 Å². The summed E-state index contributed by atoms with van der Waals surface area (Å²) in [6, 6.07) is 20.3. The van der Waals surface area contributed by atoms with Crippen molar-refractivity contribution >= 4 is 5.82 Å². The first-order chi connectivity index (χ1) is 9.33. The minimum Gasteiger partial charge on any atom is -0.382 e. The topological polar surface area (TPSA) is 43.8 Å². The van der Waals surface area contributed by atoms with Crippen molar-refractivity contribution in [2.24, 2.45) is 0 Å². The Balaban J connectivity index is 1.90. The molecule has 3 aromatic rings. The summed E-state index contributed by atoms with van der Waals surface area (Å²) < 4.78 is 1.88. The highest BCUT2D eigenvalue weighted by Gasteiger charge is 2.07. The summed E-state index contributed by atoms with van der Waals surface area (Å²) in [5, 5.41) is 4.38. The van der Waals surface area contributed by atoms with E-state index in [0.717, 1.165) is 17.7 Å². The Morgan fingerprint density at radius 3 is 2.21 bits per heavy atom. The van der Waals surface area contributed by atoms with E-state index in [-0.39, 0.29) is 0 Å². The Hall–Kier alpha value is -2.55. The fourth-order valence-electron chi connectivity index (χ4n) is 2.13. The summed E-state index contributed by atoms with van der Waals surface area (Å²) in [5.74, 6) is 0.571. The molecule has 1 heterocycles. The minimum atomic E-state index is 0.571. The molecule has 0 spiro atoms. The predicted octanol–water partition coefficient (Wildman–Crippen LogP) is 3.18. The molecule has 2 aromatic carbocycles. The molecule has 3 heteroatoms. The quantitative estimate of drug-likeness (QED) is 0.774. The third-order valence-electron chi connectivity index (χ3n) is 3.06. The molecule has 0 saturated heterocycles. The average molecular weight is 249 g/mol. The van der Waals surface area contributed by atoms with E-state index in [2.05, 4.69) is 17.2 Å². The smallest absolute Gasteiger partial charge is 0.153 e. The van der Waals surface area contributed by atoms with Crippen LogP contribution in [0.25, 0.3) is 11.1 Å². The zero-order valence-corrected chi connectivity index (χ0v) is 10.5. The molecule has 0 amide bonds. The van der Waals surface area contributed by atoms with Crippen LogP contribution in [-0.4, -0.2) is 9.78 Å². The van der Waals surface area contributed by atoms with Crippen molar-refractivity contribution in [2.75, 3.05) is 5.73 Å². The molecule has 19 heavy (non-hydrogen) atoms. The molecule has 3 nitrogen and oxygen atoms in total. The van der Waals surface area contributed by atoms with Gasteiger partial charge in [0.25, 0.3) is 0 Å². The van der Waals surface area contributed by atoms with Gasteiger partial charge in [0, 0.05) is 11.8 Å². The van der Waals surface area contributed by atoms with E-state index in [1.807, 2.05) is 59.4 Å². The van der Waals surface area contributed by atoms with Gasteiger partial charge in [-0.15, -0.1) is 0 Å². The van der Waals surface area contributed by atoms with Crippen LogP contribution < -0.4 is 5.73 Å². The second kappa shape index (κ2) is 4.98. The van der Waals surface area contributed by atoms with Crippen molar-refractivity contribution in [3.05, 3.63) is 72.4 Å². The lowest BCUT2D eigenvalue weighted by molar-refractivity contribution is 0.690. The molecule has 0 unspecified atom stereocenters. The van der Waals surface area contributed by atoms with Gasteiger partial charge in [-0.05, 0) is 11.1 Å². The molecule has 0 fully saturated rings. The van der Waals surface area contributed by atoms with Crippen LogP contribution in [0.15, 0.2) is 66.9 Å². The van der Waals surface area contributed by atoms with Crippen LogP contribution in [0.3, 0.4) is 0 Å². The van der Waals surface area contributed by atoms with E-state index in [0.29, 0.717) is 5.82 Å². The molecule has 0 aliphatic heterocycles. The monoisotopic (exact) mass is 249 g/mol. The lowest BCUT2D eigenvalue weighted by Gasteiger charge is -2.00. The van der Waals surface area contributed by atoms with Crippen LogP contribution in [0.4, 0.5) is 5.82 Å². The van der Waals surface area contributed by atoms with Gasteiger partial charge in [-0.1, -0.05) is 60.7 Å². The largest absolute Gasteiger partial charge is 0.382 e. The zero-order valence-electron chi connectivity index (χ0n) is 10.5. The molecule has 94 valence electrons. The molecular weight excluding hydrogens is 234 g/mol. The van der Waals surface area contributed by atoms with Crippen LogP contribution >= 0.6 is 0 Å². The highest BCUT2D eigenvalue weighted by Crippen LogP contribution is 2.24. The molecule has 0 radical (unpaired) electrons. The zero-order chi connectivity index (χ0) is 13.1. The molecule has 0 aliphatic rings. The van der Waals surface area contributed by atoms with Crippen molar-refractivity contribution in [1.82, 2.24) is 9.78 Å². The summed E-state index contributed by atoms with van der Waals surface area (Å²) in [6.07, 6.45) is 2.00. The van der Waals surface area contributed by atoms with Gasteiger partial charge in [0.05, 0.1) is 6.54 Å². The Morgan fingerprint density at radius 2 is 1.53 bits per heavy atom. The molecule has 0 bridgehead atoms. The van der Waals surface area contributed by atoms with Crippen molar-refractivity contribution in [2.45, 2.75) is 6.54 Å².